The SMILES string of the molecule is N#Cc1csc(CNc2ccccc2OC(F)F)c1. The maximum absolute atomic E-state index is 12.2. The maximum Gasteiger partial charge on any atom is 0.387 e. The number of anilines is 1. The van der Waals surface area contributed by atoms with Gasteiger partial charge < -0.3 is 10.1 Å². The second-order valence-electron chi connectivity index (χ2n) is 3.64. The van der Waals surface area contributed by atoms with E-state index in [1.807, 2.05) is 6.07 Å². The second kappa shape index (κ2) is 6.16. The van der Waals surface area contributed by atoms with Crippen molar-refractivity contribution in [3.63, 3.8) is 0 Å². The first-order valence-corrected chi connectivity index (χ1v) is 6.32. The van der Waals surface area contributed by atoms with Crippen molar-refractivity contribution in [1.82, 2.24) is 0 Å². The van der Waals surface area contributed by atoms with Crippen molar-refractivity contribution >= 4 is 17.0 Å². The molecule has 0 amide bonds. The van der Waals surface area contributed by atoms with E-state index in [0.29, 0.717) is 17.8 Å². The van der Waals surface area contributed by atoms with Crippen LogP contribution in [0.3, 0.4) is 0 Å². The van der Waals surface area contributed by atoms with Crippen LogP contribution < -0.4 is 10.1 Å². The number of halogens is 2. The second-order valence-corrected chi connectivity index (χ2v) is 4.64. The first kappa shape index (κ1) is 13.3. The van der Waals surface area contributed by atoms with Gasteiger partial charge in [0.05, 0.1) is 11.3 Å². The van der Waals surface area contributed by atoms with E-state index in [-0.39, 0.29) is 5.75 Å². The summed E-state index contributed by atoms with van der Waals surface area (Å²) >= 11 is 1.44. The summed E-state index contributed by atoms with van der Waals surface area (Å²) in [6.07, 6.45) is 0. The van der Waals surface area contributed by atoms with Gasteiger partial charge >= 0.3 is 6.61 Å². The van der Waals surface area contributed by atoms with E-state index in [9.17, 15) is 8.78 Å². The number of ether oxygens (including phenoxy) is 1. The summed E-state index contributed by atoms with van der Waals surface area (Å²) in [5.41, 5.74) is 1.09. The number of thiophene rings is 1. The van der Waals surface area contributed by atoms with Crippen LogP contribution in [0.4, 0.5) is 14.5 Å². The average Bonchev–Trinajstić information content (AvgIpc) is 2.85. The van der Waals surface area contributed by atoms with Crippen molar-refractivity contribution in [2.75, 3.05) is 5.32 Å². The van der Waals surface area contributed by atoms with E-state index in [4.69, 9.17) is 5.26 Å². The summed E-state index contributed by atoms with van der Waals surface area (Å²) in [7, 11) is 0. The van der Waals surface area contributed by atoms with Crippen LogP contribution in [-0.4, -0.2) is 6.61 Å². The molecular weight excluding hydrogens is 270 g/mol. The summed E-state index contributed by atoms with van der Waals surface area (Å²) in [6, 6.07) is 10.3. The van der Waals surface area contributed by atoms with Gasteiger partial charge in [0, 0.05) is 16.8 Å². The van der Waals surface area contributed by atoms with Gasteiger partial charge in [-0.05, 0) is 18.2 Å². The van der Waals surface area contributed by atoms with E-state index in [0.717, 1.165) is 4.88 Å². The lowest BCUT2D eigenvalue weighted by Crippen LogP contribution is -2.06. The first-order chi connectivity index (χ1) is 9.19. The molecule has 0 bridgehead atoms. The minimum atomic E-state index is -2.85. The summed E-state index contributed by atoms with van der Waals surface area (Å²) in [4.78, 5) is 0.948. The Labute approximate surface area is 113 Å². The van der Waals surface area contributed by atoms with E-state index < -0.39 is 6.61 Å². The Morgan fingerprint density at radius 1 is 1.37 bits per heavy atom. The molecule has 0 spiro atoms. The van der Waals surface area contributed by atoms with E-state index in [1.165, 1.54) is 17.4 Å². The number of alkyl halides is 2. The summed E-state index contributed by atoms with van der Waals surface area (Å²) in [6.45, 7) is -2.40. The minimum Gasteiger partial charge on any atom is -0.433 e. The summed E-state index contributed by atoms with van der Waals surface area (Å²) < 4.78 is 28.9. The molecular formula is C13H10F2N2OS. The average molecular weight is 280 g/mol. The highest BCUT2D eigenvalue weighted by atomic mass is 32.1. The lowest BCUT2D eigenvalue weighted by atomic mass is 10.3. The molecule has 0 aliphatic heterocycles. The van der Waals surface area contributed by atoms with Crippen molar-refractivity contribution in [2.24, 2.45) is 0 Å². The molecule has 98 valence electrons. The largest absolute Gasteiger partial charge is 0.433 e. The van der Waals surface area contributed by atoms with Crippen molar-refractivity contribution < 1.29 is 13.5 Å². The van der Waals surface area contributed by atoms with Crippen molar-refractivity contribution in [1.29, 1.82) is 5.26 Å². The van der Waals surface area contributed by atoms with E-state index >= 15 is 0 Å². The number of nitrogens with zero attached hydrogens (tertiary/aromatic N) is 1. The number of nitrogens with one attached hydrogen (secondary N) is 1. The van der Waals surface area contributed by atoms with Crippen LogP contribution >= 0.6 is 11.3 Å². The minimum absolute atomic E-state index is 0.106. The van der Waals surface area contributed by atoms with Gasteiger partial charge in [-0.25, -0.2) is 0 Å². The van der Waals surface area contributed by atoms with Gasteiger partial charge in [0.2, 0.25) is 0 Å². The lowest BCUT2D eigenvalue weighted by Gasteiger charge is -2.11. The van der Waals surface area contributed by atoms with Crippen molar-refractivity contribution in [3.05, 3.63) is 46.2 Å². The Morgan fingerprint density at radius 3 is 2.84 bits per heavy atom. The molecule has 2 rings (SSSR count). The van der Waals surface area contributed by atoms with Crippen LogP contribution in [0.2, 0.25) is 0 Å². The summed E-state index contributed by atoms with van der Waals surface area (Å²) in [5.74, 6) is 0.106. The molecule has 1 N–H and O–H groups in total. The molecule has 0 saturated carbocycles. The molecule has 3 nitrogen and oxygen atoms in total. The number of rotatable bonds is 5. The highest BCUT2D eigenvalue weighted by molar-refractivity contribution is 7.10. The predicted octanol–water partition coefficient (Wildman–Crippen LogP) is 3.83. The lowest BCUT2D eigenvalue weighted by molar-refractivity contribution is -0.0493. The van der Waals surface area contributed by atoms with Crippen molar-refractivity contribution in [3.8, 4) is 11.8 Å². The molecule has 0 atom stereocenters. The van der Waals surface area contributed by atoms with E-state index in [1.54, 1.807) is 29.6 Å². The number of benzene rings is 1. The maximum atomic E-state index is 12.2. The first-order valence-electron chi connectivity index (χ1n) is 5.44. The fourth-order valence-electron chi connectivity index (χ4n) is 1.53. The quantitative estimate of drug-likeness (QED) is 0.905. The molecule has 0 aliphatic carbocycles. The molecule has 6 heteroatoms. The van der Waals surface area contributed by atoms with Crippen LogP contribution in [0.15, 0.2) is 35.7 Å². The molecule has 2 aromatic rings. The fourth-order valence-corrected chi connectivity index (χ4v) is 2.28. The Kier molecular flexibility index (Phi) is 4.31. The van der Waals surface area contributed by atoms with E-state index in [2.05, 4.69) is 10.1 Å². The van der Waals surface area contributed by atoms with Crippen molar-refractivity contribution in [2.45, 2.75) is 13.2 Å². The Balaban J connectivity index is 2.05. The Morgan fingerprint density at radius 2 is 2.16 bits per heavy atom. The van der Waals surface area contributed by atoms with Gasteiger partial charge in [0.1, 0.15) is 11.8 Å². The van der Waals surface area contributed by atoms with Gasteiger partial charge in [0.25, 0.3) is 0 Å². The van der Waals surface area contributed by atoms with Crippen LogP contribution in [0.1, 0.15) is 10.4 Å². The van der Waals surface area contributed by atoms with Crippen LogP contribution in [0, 0.1) is 11.3 Å². The topological polar surface area (TPSA) is 45.0 Å². The monoisotopic (exact) mass is 280 g/mol. The highest BCUT2D eigenvalue weighted by Gasteiger charge is 2.09. The Bertz CT molecular complexity index is 592. The van der Waals surface area contributed by atoms with Crippen LogP contribution in [-0.2, 0) is 6.54 Å². The van der Waals surface area contributed by atoms with Gasteiger partial charge in [-0.1, -0.05) is 12.1 Å². The number of hydrogen-bond donors (Lipinski definition) is 1. The standard InChI is InChI=1S/C13H10F2N2OS/c14-13(15)18-12-4-2-1-3-11(12)17-7-10-5-9(6-16)8-19-10/h1-5,8,13,17H,7H2. The number of hydrogen-bond acceptors (Lipinski definition) is 4. The molecule has 0 aliphatic rings. The molecule has 0 fully saturated rings. The normalized spacial score (nSPS) is 10.2. The molecule has 1 heterocycles. The zero-order valence-electron chi connectivity index (χ0n) is 9.77. The predicted molar refractivity (Wildman–Crippen MR) is 69.4 cm³/mol. The van der Waals surface area contributed by atoms with Gasteiger partial charge in [-0.3, -0.25) is 0 Å². The van der Waals surface area contributed by atoms with Crippen LogP contribution in [0.25, 0.3) is 0 Å². The zero-order valence-corrected chi connectivity index (χ0v) is 10.6. The summed E-state index contributed by atoms with van der Waals surface area (Å²) in [5, 5.41) is 13.5. The molecule has 1 aromatic carbocycles. The number of para-hydroxylation sites is 2. The fraction of sp³-hybridized carbons (Fsp3) is 0.154. The van der Waals surface area contributed by atoms with Gasteiger partial charge in [0.15, 0.2) is 0 Å². The molecule has 0 unspecified atom stereocenters. The molecule has 0 radical (unpaired) electrons. The molecule has 19 heavy (non-hydrogen) atoms. The van der Waals surface area contributed by atoms with Gasteiger partial charge in [-0.15, -0.1) is 11.3 Å². The molecule has 0 saturated heterocycles. The Hall–Kier alpha value is -2.13. The van der Waals surface area contributed by atoms with Crippen LogP contribution in [0.5, 0.6) is 5.75 Å². The third-order valence-corrected chi connectivity index (χ3v) is 3.28. The third-order valence-electron chi connectivity index (χ3n) is 2.34. The smallest absolute Gasteiger partial charge is 0.387 e. The third kappa shape index (κ3) is 3.66. The van der Waals surface area contributed by atoms with Gasteiger partial charge in [-0.2, -0.15) is 14.0 Å². The highest BCUT2D eigenvalue weighted by Crippen LogP contribution is 2.26. The molecule has 1 aromatic heterocycles. The zero-order chi connectivity index (χ0) is 13.7. The number of nitriles is 1.